The van der Waals surface area contributed by atoms with Crippen molar-refractivity contribution in [3.63, 3.8) is 0 Å². The molecule has 0 spiro atoms. The SMILES string of the molecule is CCOc1ccc2nc(N3CCC(N4CCOCC4)C3)sc2c1. The number of rotatable bonds is 4. The quantitative estimate of drug-likeness (QED) is 0.860. The number of ether oxygens (including phenoxy) is 2. The smallest absolute Gasteiger partial charge is 0.186 e. The maximum Gasteiger partial charge on any atom is 0.186 e. The molecule has 1 atom stereocenters. The normalized spacial score (nSPS) is 22.8. The molecule has 3 heterocycles. The number of anilines is 1. The fraction of sp³-hybridized carbons (Fsp3) is 0.588. The number of hydrogen-bond acceptors (Lipinski definition) is 6. The summed E-state index contributed by atoms with van der Waals surface area (Å²) < 4.78 is 12.3. The van der Waals surface area contributed by atoms with Gasteiger partial charge in [0.05, 0.1) is 30.0 Å². The van der Waals surface area contributed by atoms with Crippen LogP contribution in [0.25, 0.3) is 10.2 Å². The van der Waals surface area contributed by atoms with Gasteiger partial charge in [0.2, 0.25) is 0 Å². The van der Waals surface area contributed by atoms with Crippen LogP contribution in [0.1, 0.15) is 13.3 Å². The number of aromatic nitrogens is 1. The molecule has 1 aromatic carbocycles. The van der Waals surface area contributed by atoms with Crippen LogP contribution < -0.4 is 9.64 Å². The molecule has 23 heavy (non-hydrogen) atoms. The molecule has 2 saturated heterocycles. The fourth-order valence-corrected chi connectivity index (χ4v) is 4.47. The maximum atomic E-state index is 5.59. The van der Waals surface area contributed by atoms with Crippen LogP contribution >= 0.6 is 11.3 Å². The van der Waals surface area contributed by atoms with Crippen molar-refractivity contribution in [3.05, 3.63) is 18.2 Å². The first kappa shape index (κ1) is 15.2. The second-order valence-corrected chi connectivity index (χ2v) is 7.10. The molecule has 1 aromatic heterocycles. The first-order valence-corrected chi connectivity index (χ1v) is 9.25. The second-order valence-electron chi connectivity index (χ2n) is 6.10. The highest BCUT2D eigenvalue weighted by molar-refractivity contribution is 7.22. The Hall–Kier alpha value is -1.37. The number of hydrogen-bond donors (Lipinski definition) is 0. The van der Waals surface area contributed by atoms with E-state index in [1.54, 1.807) is 11.3 Å². The van der Waals surface area contributed by atoms with Gasteiger partial charge in [-0.15, -0.1) is 0 Å². The second kappa shape index (κ2) is 6.63. The zero-order valence-electron chi connectivity index (χ0n) is 13.5. The molecule has 0 amide bonds. The lowest BCUT2D eigenvalue weighted by molar-refractivity contribution is 0.0209. The lowest BCUT2D eigenvalue weighted by Crippen LogP contribution is -2.44. The molecule has 0 N–H and O–H groups in total. The number of thiazole rings is 1. The lowest BCUT2D eigenvalue weighted by atomic mass is 10.2. The van der Waals surface area contributed by atoms with Crippen molar-refractivity contribution >= 4 is 26.7 Å². The highest BCUT2D eigenvalue weighted by Crippen LogP contribution is 2.33. The Labute approximate surface area is 140 Å². The van der Waals surface area contributed by atoms with Crippen LogP contribution in [-0.4, -0.2) is 61.9 Å². The van der Waals surface area contributed by atoms with Gasteiger partial charge in [-0.05, 0) is 31.5 Å². The zero-order valence-corrected chi connectivity index (χ0v) is 14.3. The highest BCUT2D eigenvalue weighted by Gasteiger charge is 2.30. The van der Waals surface area contributed by atoms with E-state index in [1.807, 2.05) is 13.0 Å². The van der Waals surface area contributed by atoms with E-state index in [1.165, 1.54) is 11.1 Å². The van der Waals surface area contributed by atoms with Crippen molar-refractivity contribution in [2.75, 3.05) is 50.9 Å². The molecule has 4 rings (SSSR count). The van der Waals surface area contributed by atoms with Gasteiger partial charge in [0, 0.05) is 32.2 Å². The topological polar surface area (TPSA) is 37.8 Å². The van der Waals surface area contributed by atoms with Gasteiger partial charge in [-0.25, -0.2) is 4.98 Å². The lowest BCUT2D eigenvalue weighted by Gasteiger charge is -2.32. The molecule has 1 unspecified atom stereocenters. The Balaban J connectivity index is 1.48. The summed E-state index contributed by atoms with van der Waals surface area (Å²) in [5.41, 5.74) is 1.07. The van der Waals surface area contributed by atoms with Crippen LogP contribution in [0.2, 0.25) is 0 Å². The van der Waals surface area contributed by atoms with Crippen molar-refractivity contribution in [1.29, 1.82) is 0 Å². The average Bonchev–Trinajstić information content (AvgIpc) is 3.22. The zero-order chi connectivity index (χ0) is 15.6. The summed E-state index contributed by atoms with van der Waals surface area (Å²) in [6.45, 7) is 8.77. The van der Waals surface area contributed by atoms with Crippen LogP contribution in [0.15, 0.2) is 18.2 Å². The van der Waals surface area contributed by atoms with Crippen LogP contribution in [0, 0.1) is 0 Å². The minimum Gasteiger partial charge on any atom is -0.494 e. The van der Waals surface area contributed by atoms with Crippen molar-refractivity contribution in [3.8, 4) is 5.75 Å². The molecule has 0 aliphatic carbocycles. The molecule has 2 aromatic rings. The Morgan fingerprint density at radius 1 is 1.30 bits per heavy atom. The molecule has 0 saturated carbocycles. The first-order valence-electron chi connectivity index (χ1n) is 8.43. The first-order chi connectivity index (χ1) is 11.3. The standard InChI is InChI=1S/C17H23N3O2S/c1-2-22-14-3-4-15-16(11-14)23-17(18-15)20-6-5-13(12-20)19-7-9-21-10-8-19/h3-4,11,13H,2,5-10,12H2,1H3. The highest BCUT2D eigenvalue weighted by atomic mass is 32.1. The third-order valence-corrected chi connectivity index (χ3v) is 5.73. The summed E-state index contributed by atoms with van der Waals surface area (Å²) in [5, 5.41) is 1.14. The molecular weight excluding hydrogens is 310 g/mol. The predicted molar refractivity (Wildman–Crippen MR) is 93.8 cm³/mol. The molecule has 124 valence electrons. The molecule has 0 bridgehead atoms. The monoisotopic (exact) mass is 333 g/mol. The van der Waals surface area contributed by atoms with Crippen molar-refractivity contribution in [2.45, 2.75) is 19.4 Å². The predicted octanol–water partition coefficient (Wildman–Crippen LogP) is 2.61. The van der Waals surface area contributed by atoms with Gasteiger partial charge in [0.1, 0.15) is 5.75 Å². The van der Waals surface area contributed by atoms with E-state index in [0.717, 1.165) is 55.8 Å². The summed E-state index contributed by atoms with van der Waals surface area (Å²) in [6.07, 6.45) is 1.22. The Bertz CT molecular complexity index is 669. The minimum absolute atomic E-state index is 0.643. The number of benzene rings is 1. The Kier molecular flexibility index (Phi) is 4.37. The summed E-state index contributed by atoms with van der Waals surface area (Å²) >= 11 is 1.77. The van der Waals surface area contributed by atoms with Gasteiger partial charge < -0.3 is 14.4 Å². The molecule has 2 aliphatic heterocycles. The van der Waals surface area contributed by atoms with E-state index >= 15 is 0 Å². The molecule has 6 heteroatoms. The number of nitrogens with zero attached hydrogens (tertiary/aromatic N) is 3. The minimum atomic E-state index is 0.643. The van der Waals surface area contributed by atoms with Crippen LogP contribution in [0.4, 0.5) is 5.13 Å². The summed E-state index contributed by atoms with van der Waals surface area (Å²) in [5.74, 6) is 0.933. The van der Waals surface area contributed by atoms with Crippen LogP contribution in [0.3, 0.4) is 0 Å². The van der Waals surface area contributed by atoms with Crippen LogP contribution in [-0.2, 0) is 4.74 Å². The largest absolute Gasteiger partial charge is 0.494 e. The molecule has 2 fully saturated rings. The maximum absolute atomic E-state index is 5.59. The number of fused-ring (bicyclic) bond motifs is 1. The third-order valence-electron chi connectivity index (χ3n) is 4.66. The van der Waals surface area contributed by atoms with Crippen molar-refractivity contribution < 1.29 is 9.47 Å². The van der Waals surface area contributed by atoms with E-state index in [-0.39, 0.29) is 0 Å². The number of morpholine rings is 1. The van der Waals surface area contributed by atoms with E-state index < -0.39 is 0 Å². The van der Waals surface area contributed by atoms with E-state index in [0.29, 0.717) is 12.6 Å². The van der Waals surface area contributed by atoms with Gasteiger partial charge in [0.15, 0.2) is 5.13 Å². The molecule has 0 radical (unpaired) electrons. The Morgan fingerprint density at radius 3 is 3.00 bits per heavy atom. The van der Waals surface area contributed by atoms with Gasteiger partial charge in [-0.3, -0.25) is 4.90 Å². The summed E-state index contributed by atoms with van der Waals surface area (Å²) in [7, 11) is 0. The van der Waals surface area contributed by atoms with E-state index in [9.17, 15) is 0 Å². The van der Waals surface area contributed by atoms with Gasteiger partial charge in [-0.2, -0.15) is 0 Å². The van der Waals surface area contributed by atoms with Crippen molar-refractivity contribution in [2.24, 2.45) is 0 Å². The van der Waals surface area contributed by atoms with Crippen molar-refractivity contribution in [1.82, 2.24) is 9.88 Å². The Morgan fingerprint density at radius 2 is 2.17 bits per heavy atom. The average molecular weight is 333 g/mol. The van der Waals surface area contributed by atoms with Gasteiger partial charge >= 0.3 is 0 Å². The summed E-state index contributed by atoms with van der Waals surface area (Å²) in [4.78, 5) is 9.83. The van der Waals surface area contributed by atoms with Crippen LogP contribution in [0.5, 0.6) is 5.75 Å². The molecular formula is C17H23N3O2S. The van der Waals surface area contributed by atoms with E-state index in [4.69, 9.17) is 14.5 Å². The fourth-order valence-electron chi connectivity index (χ4n) is 3.44. The molecule has 5 nitrogen and oxygen atoms in total. The molecule has 2 aliphatic rings. The van der Waals surface area contributed by atoms with Gasteiger partial charge in [-0.1, -0.05) is 11.3 Å². The van der Waals surface area contributed by atoms with E-state index in [2.05, 4.69) is 21.9 Å². The van der Waals surface area contributed by atoms with Gasteiger partial charge in [0.25, 0.3) is 0 Å². The summed E-state index contributed by atoms with van der Waals surface area (Å²) in [6, 6.07) is 6.83. The third kappa shape index (κ3) is 3.16.